The Hall–Kier alpha value is 2.42. The van der Waals surface area contributed by atoms with Crippen LogP contribution in [0.4, 0.5) is 0 Å². The van der Waals surface area contributed by atoms with Crippen LogP contribution in [0.3, 0.4) is 0 Å². The van der Waals surface area contributed by atoms with Crippen LogP contribution in [-0.2, 0) is 18.1 Å². The summed E-state index contributed by atoms with van der Waals surface area (Å²) in [6.07, 6.45) is 0. The molecule has 0 aromatic heterocycles. The van der Waals surface area contributed by atoms with Gasteiger partial charge in [0.15, 0.2) is 15.2 Å². The Labute approximate surface area is 159 Å². The van der Waals surface area contributed by atoms with E-state index in [-0.39, 0.29) is 16.0 Å². The highest BCUT2D eigenvalue weighted by atomic mass is 79.9. The second kappa shape index (κ2) is 8.50. The number of phosphoric acid groups is 1. The quantitative estimate of drug-likeness (QED) is 0.248. The SMILES string of the molecule is CC(Cl)(CBr)OP(=O)(OC(C)(Cl)CBr)OC(C)(Cl)CBr. The molecule has 0 aromatic carbocycles. The van der Waals surface area contributed by atoms with Crippen LogP contribution in [0.25, 0.3) is 0 Å². The zero-order valence-corrected chi connectivity index (χ0v) is 18.9. The molecular weight excluding hydrogens is 549 g/mol. The van der Waals surface area contributed by atoms with Gasteiger partial charge in [0, 0.05) is 16.0 Å². The number of halogens is 6. The molecule has 0 aliphatic heterocycles. The zero-order chi connectivity index (χ0) is 16.2. The van der Waals surface area contributed by atoms with Gasteiger partial charge in [-0.25, -0.2) is 4.57 Å². The lowest BCUT2D eigenvalue weighted by atomic mass is 10.5. The van der Waals surface area contributed by atoms with E-state index in [9.17, 15) is 4.57 Å². The highest BCUT2D eigenvalue weighted by Crippen LogP contribution is 2.60. The Morgan fingerprint density at radius 3 is 1.15 bits per heavy atom. The lowest BCUT2D eigenvalue weighted by molar-refractivity contribution is 0.0272. The van der Waals surface area contributed by atoms with Gasteiger partial charge in [0.2, 0.25) is 0 Å². The second-order valence-electron chi connectivity index (χ2n) is 4.43. The van der Waals surface area contributed by atoms with E-state index in [0.717, 1.165) is 0 Å². The molecule has 0 amide bonds. The maximum Gasteiger partial charge on any atom is 0.480 e. The number of hydrogen-bond donors (Lipinski definition) is 0. The summed E-state index contributed by atoms with van der Waals surface area (Å²) in [6.45, 7) is 4.51. The number of phosphoric ester groups is 1. The molecule has 0 spiro atoms. The van der Waals surface area contributed by atoms with E-state index in [1.54, 1.807) is 0 Å². The molecule has 3 atom stereocenters. The van der Waals surface area contributed by atoms with Gasteiger partial charge < -0.3 is 0 Å². The van der Waals surface area contributed by atoms with E-state index in [0.29, 0.717) is 0 Å². The number of rotatable bonds is 9. The Bertz CT molecular complexity index is 316. The van der Waals surface area contributed by atoms with Crippen molar-refractivity contribution in [1.29, 1.82) is 0 Å². The van der Waals surface area contributed by atoms with Crippen LogP contribution in [0.5, 0.6) is 0 Å². The standard InChI is InChI=1S/C9H15Br3Cl3O4P/c1-7(13,4-10)17-20(16,18-8(2,14)5-11)19-9(3,15)6-12/h4-6H2,1-3H3. The predicted octanol–water partition coefficient (Wildman–Crippen LogP) is 6.19. The topological polar surface area (TPSA) is 44.8 Å². The first-order chi connectivity index (χ1) is 8.80. The molecule has 3 unspecified atom stereocenters. The van der Waals surface area contributed by atoms with Gasteiger partial charge in [0.25, 0.3) is 0 Å². The highest BCUT2D eigenvalue weighted by molar-refractivity contribution is 9.09. The Morgan fingerprint density at radius 2 is 1.00 bits per heavy atom. The summed E-state index contributed by atoms with van der Waals surface area (Å²) < 4.78 is 28.6. The largest absolute Gasteiger partial charge is 0.480 e. The van der Waals surface area contributed by atoms with Gasteiger partial charge in [0.1, 0.15) is 0 Å². The van der Waals surface area contributed by atoms with E-state index in [1.807, 2.05) is 0 Å². The third kappa shape index (κ3) is 8.90. The highest BCUT2D eigenvalue weighted by Gasteiger charge is 2.45. The molecule has 0 heterocycles. The molecule has 20 heavy (non-hydrogen) atoms. The second-order valence-corrected chi connectivity index (χ2v) is 9.95. The molecule has 0 radical (unpaired) electrons. The molecule has 122 valence electrons. The molecular formula is C9H15Br3Cl3O4P. The van der Waals surface area contributed by atoms with Crippen molar-refractivity contribution in [1.82, 2.24) is 0 Å². The molecule has 0 N–H and O–H groups in total. The molecule has 0 saturated heterocycles. The molecule has 0 rings (SSSR count). The minimum absolute atomic E-state index is 0.193. The third-order valence-electron chi connectivity index (χ3n) is 1.62. The summed E-state index contributed by atoms with van der Waals surface area (Å²) >= 11 is 27.5. The first-order valence-corrected chi connectivity index (χ1v) is 11.2. The van der Waals surface area contributed by atoms with Gasteiger partial charge in [-0.2, -0.15) is 0 Å². The average molecular weight is 564 g/mol. The van der Waals surface area contributed by atoms with Gasteiger partial charge in [-0.1, -0.05) is 82.6 Å². The average Bonchev–Trinajstić information content (AvgIpc) is 2.26. The van der Waals surface area contributed by atoms with Gasteiger partial charge >= 0.3 is 7.82 Å². The van der Waals surface area contributed by atoms with E-state index in [4.69, 9.17) is 48.4 Å². The van der Waals surface area contributed by atoms with Crippen LogP contribution in [0.15, 0.2) is 0 Å². The molecule has 0 saturated carbocycles. The van der Waals surface area contributed by atoms with Gasteiger partial charge in [-0.3, -0.25) is 13.6 Å². The normalized spacial score (nSPS) is 24.2. The van der Waals surface area contributed by atoms with Crippen LogP contribution in [0, 0.1) is 0 Å². The first-order valence-electron chi connectivity index (χ1n) is 5.27. The molecule has 0 aliphatic carbocycles. The van der Waals surface area contributed by atoms with Crippen molar-refractivity contribution >= 4 is 90.4 Å². The van der Waals surface area contributed by atoms with E-state index in [1.165, 1.54) is 20.8 Å². The van der Waals surface area contributed by atoms with Crippen LogP contribution >= 0.6 is 90.4 Å². The summed E-state index contributed by atoms with van der Waals surface area (Å²) in [5, 5.41) is -3.35. The van der Waals surface area contributed by atoms with E-state index in [2.05, 4.69) is 47.8 Å². The van der Waals surface area contributed by atoms with Crippen LogP contribution in [0.1, 0.15) is 20.8 Å². The summed E-state index contributed by atoms with van der Waals surface area (Å²) in [7, 11) is -4.12. The maximum atomic E-state index is 12.8. The third-order valence-corrected chi connectivity index (χ3v) is 8.64. The van der Waals surface area contributed by atoms with Crippen molar-refractivity contribution in [2.75, 3.05) is 16.0 Å². The molecule has 11 heteroatoms. The van der Waals surface area contributed by atoms with E-state index < -0.39 is 23.0 Å². The fraction of sp³-hybridized carbons (Fsp3) is 1.00. The summed E-state index contributed by atoms with van der Waals surface area (Å²) in [6, 6.07) is 0. The summed E-state index contributed by atoms with van der Waals surface area (Å²) in [4.78, 5) is 0. The smallest absolute Gasteiger partial charge is 0.263 e. The van der Waals surface area contributed by atoms with Crippen molar-refractivity contribution in [3.8, 4) is 0 Å². The summed E-state index contributed by atoms with van der Waals surface area (Å²) in [5.74, 6) is 0. The van der Waals surface area contributed by atoms with Crippen LogP contribution < -0.4 is 0 Å². The van der Waals surface area contributed by atoms with Crippen molar-refractivity contribution in [3.05, 3.63) is 0 Å². The molecule has 0 fully saturated rings. The van der Waals surface area contributed by atoms with Gasteiger partial charge in [0.05, 0.1) is 0 Å². The fourth-order valence-electron chi connectivity index (χ4n) is 0.828. The van der Waals surface area contributed by atoms with Gasteiger partial charge in [-0.05, 0) is 20.8 Å². The lowest BCUT2D eigenvalue weighted by Gasteiger charge is -2.33. The minimum atomic E-state index is -4.12. The number of hydrogen-bond acceptors (Lipinski definition) is 4. The fourth-order valence-corrected chi connectivity index (χ4v) is 4.17. The maximum absolute atomic E-state index is 12.8. The minimum Gasteiger partial charge on any atom is -0.263 e. The van der Waals surface area contributed by atoms with Gasteiger partial charge in [-0.15, -0.1) is 0 Å². The number of alkyl halides is 6. The Kier molecular flexibility index (Phi) is 9.53. The van der Waals surface area contributed by atoms with Crippen molar-refractivity contribution in [3.63, 3.8) is 0 Å². The Morgan fingerprint density at radius 1 is 0.800 bits per heavy atom. The van der Waals surface area contributed by atoms with Crippen molar-refractivity contribution in [2.45, 2.75) is 36.0 Å². The van der Waals surface area contributed by atoms with Crippen molar-refractivity contribution < 1.29 is 18.1 Å². The molecule has 0 bridgehead atoms. The zero-order valence-electron chi connectivity index (χ0n) is 11.0. The predicted molar refractivity (Wildman–Crippen MR) is 95.0 cm³/mol. The van der Waals surface area contributed by atoms with Crippen LogP contribution in [-0.4, -0.2) is 31.2 Å². The van der Waals surface area contributed by atoms with E-state index >= 15 is 0 Å². The lowest BCUT2D eigenvalue weighted by Crippen LogP contribution is -2.31. The molecule has 4 nitrogen and oxygen atoms in total. The summed E-state index contributed by atoms with van der Waals surface area (Å²) in [5.41, 5.74) is 0. The van der Waals surface area contributed by atoms with Crippen LogP contribution in [0.2, 0.25) is 0 Å². The Balaban J connectivity index is 5.29. The molecule has 0 aromatic rings. The first kappa shape index (κ1) is 22.4. The molecule has 0 aliphatic rings. The monoisotopic (exact) mass is 560 g/mol. The van der Waals surface area contributed by atoms with Crippen molar-refractivity contribution in [2.24, 2.45) is 0 Å².